The average molecular weight is 450 g/mol. The van der Waals surface area contributed by atoms with Crippen molar-refractivity contribution in [3.05, 3.63) is 52.5 Å². The van der Waals surface area contributed by atoms with Crippen molar-refractivity contribution in [1.82, 2.24) is 15.6 Å². The zero-order chi connectivity index (χ0) is 22.1. The Bertz CT molecular complexity index is 1120. The number of nitrogens with two attached hydrogens (primary N) is 1. The van der Waals surface area contributed by atoms with E-state index >= 15 is 0 Å². The van der Waals surface area contributed by atoms with Crippen LogP contribution in [0.5, 0.6) is 0 Å². The third-order valence-electron chi connectivity index (χ3n) is 6.93. The van der Waals surface area contributed by atoms with E-state index in [1.165, 1.54) is 41.9 Å². The van der Waals surface area contributed by atoms with Gasteiger partial charge < -0.3 is 21.3 Å². The molecule has 7 heteroatoms. The molecule has 2 aliphatic rings. The lowest BCUT2D eigenvalue weighted by Gasteiger charge is -2.41. The van der Waals surface area contributed by atoms with Gasteiger partial charge in [0.15, 0.2) is 0 Å². The summed E-state index contributed by atoms with van der Waals surface area (Å²) in [4.78, 5) is 21.1. The highest BCUT2D eigenvalue weighted by molar-refractivity contribution is 7.21. The predicted molar refractivity (Wildman–Crippen MR) is 133 cm³/mol. The summed E-state index contributed by atoms with van der Waals surface area (Å²) in [6.07, 6.45) is 4.70. The Kier molecular flexibility index (Phi) is 5.78. The molecule has 5 rings (SSSR count). The molecule has 4 heterocycles. The molecular formula is C25H31N5OS. The summed E-state index contributed by atoms with van der Waals surface area (Å²) in [5.74, 6) is -0.122. The number of aryl methyl sites for hydroxylation is 1. The van der Waals surface area contributed by atoms with Crippen LogP contribution >= 0.6 is 11.3 Å². The maximum Gasteiger partial charge on any atom is 0.263 e. The second-order valence-corrected chi connectivity index (χ2v) is 10.3. The molecular weight excluding hydrogens is 418 g/mol. The monoisotopic (exact) mass is 449 g/mol. The van der Waals surface area contributed by atoms with Gasteiger partial charge in [-0.25, -0.2) is 4.98 Å². The highest BCUT2D eigenvalue weighted by atomic mass is 32.1. The highest BCUT2D eigenvalue weighted by Crippen LogP contribution is 2.37. The third-order valence-corrected chi connectivity index (χ3v) is 8.05. The van der Waals surface area contributed by atoms with Crippen LogP contribution in [0.4, 0.5) is 11.4 Å². The van der Waals surface area contributed by atoms with E-state index in [0.29, 0.717) is 22.5 Å². The Morgan fingerprint density at radius 2 is 2.09 bits per heavy atom. The number of hydrogen-bond donors (Lipinski definition) is 3. The molecule has 1 aromatic carbocycles. The van der Waals surface area contributed by atoms with Crippen molar-refractivity contribution in [3.63, 3.8) is 0 Å². The number of rotatable bonds is 5. The number of piperidine rings is 1. The van der Waals surface area contributed by atoms with Crippen LogP contribution in [-0.2, 0) is 6.42 Å². The molecule has 2 aromatic heterocycles. The number of amides is 1. The van der Waals surface area contributed by atoms with Gasteiger partial charge >= 0.3 is 0 Å². The zero-order valence-electron chi connectivity index (χ0n) is 18.6. The minimum atomic E-state index is -0.122. The number of hydrogen-bond acceptors (Lipinski definition) is 6. The number of nitrogens with zero attached hydrogens (tertiary/aromatic N) is 2. The van der Waals surface area contributed by atoms with Crippen molar-refractivity contribution in [1.29, 1.82) is 0 Å². The molecule has 6 nitrogen and oxygen atoms in total. The predicted octanol–water partition coefficient (Wildman–Crippen LogP) is 3.74. The maximum atomic E-state index is 12.7. The summed E-state index contributed by atoms with van der Waals surface area (Å²) in [6.45, 7) is 7.12. The Balaban J connectivity index is 1.17. The quantitative estimate of drug-likeness (QED) is 0.553. The van der Waals surface area contributed by atoms with Gasteiger partial charge in [0, 0.05) is 48.4 Å². The number of benzene rings is 1. The first-order chi connectivity index (χ1) is 15.5. The molecule has 2 fully saturated rings. The summed E-state index contributed by atoms with van der Waals surface area (Å²) in [5, 5.41) is 7.43. The van der Waals surface area contributed by atoms with Crippen LogP contribution in [0, 0.1) is 12.3 Å². The van der Waals surface area contributed by atoms with E-state index in [1.807, 2.05) is 19.1 Å². The first-order valence-corrected chi connectivity index (χ1v) is 12.3. The van der Waals surface area contributed by atoms with Crippen LogP contribution in [0.1, 0.15) is 40.2 Å². The van der Waals surface area contributed by atoms with Crippen molar-refractivity contribution in [2.24, 2.45) is 5.41 Å². The van der Waals surface area contributed by atoms with E-state index in [9.17, 15) is 4.79 Å². The Morgan fingerprint density at radius 3 is 2.88 bits per heavy atom. The molecule has 1 atom stereocenters. The van der Waals surface area contributed by atoms with Crippen molar-refractivity contribution in [2.75, 3.05) is 43.4 Å². The maximum absolute atomic E-state index is 12.7. The van der Waals surface area contributed by atoms with Gasteiger partial charge in [0.05, 0.1) is 5.69 Å². The molecule has 0 saturated carbocycles. The Morgan fingerprint density at radius 1 is 1.25 bits per heavy atom. The summed E-state index contributed by atoms with van der Waals surface area (Å²) < 4.78 is 0. The lowest BCUT2D eigenvalue weighted by Crippen LogP contribution is -2.44. The van der Waals surface area contributed by atoms with Gasteiger partial charge in [-0.05, 0) is 69.0 Å². The van der Waals surface area contributed by atoms with Gasteiger partial charge in [-0.1, -0.05) is 12.1 Å². The summed E-state index contributed by atoms with van der Waals surface area (Å²) in [5.41, 5.74) is 10.7. The summed E-state index contributed by atoms with van der Waals surface area (Å²) >= 11 is 1.36. The van der Waals surface area contributed by atoms with Crippen molar-refractivity contribution in [2.45, 2.75) is 32.6 Å². The van der Waals surface area contributed by atoms with Crippen LogP contribution in [0.25, 0.3) is 10.2 Å². The van der Waals surface area contributed by atoms with Crippen LogP contribution in [0.15, 0.2) is 36.4 Å². The minimum absolute atomic E-state index is 0.122. The van der Waals surface area contributed by atoms with Gasteiger partial charge in [0.2, 0.25) is 0 Å². The molecule has 0 radical (unpaired) electrons. The number of carbonyl (C=O) groups is 1. The van der Waals surface area contributed by atoms with Crippen molar-refractivity contribution in [3.8, 4) is 0 Å². The number of anilines is 2. The van der Waals surface area contributed by atoms with Gasteiger partial charge in [-0.2, -0.15) is 0 Å². The van der Waals surface area contributed by atoms with Crippen LogP contribution < -0.4 is 21.3 Å². The zero-order valence-corrected chi connectivity index (χ0v) is 19.4. The van der Waals surface area contributed by atoms with Crippen molar-refractivity contribution >= 4 is 38.8 Å². The lowest BCUT2D eigenvalue weighted by atomic mass is 9.79. The minimum Gasteiger partial charge on any atom is -0.397 e. The van der Waals surface area contributed by atoms with Crippen LogP contribution in [0.3, 0.4) is 0 Å². The van der Waals surface area contributed by atoms with E-state index in [0.717, 1.165) is 48.5 Å². The van der Waals surface area contributed by atoms with E-state index in [1.54, 1.807) is 0 Å². The van der Waals surface area contributed by atoms with E-state index in [-0.39, 0.29) is 5.91 Å². The van der Waals surface area contributed by atoms with Gasteiger partial charge in [-0.15, -0.1) is 11.3 Å². The number of nitrogen functional groups attached to an aromatic ring is 1. The molecule has 168 valence electrons. The molecule has 2 aliphatic heterocycles. The second kappa shape index (κ2) is 8.71. The van der Waals surface area contributed by atoms with Gasteiger partial charge in [0.1, 0.15) is 9.71 Å². The fourth-order valence-corrected chi connectivity index (χ4v) is 6.16. The first-order valence-electron chi connectivity index (χ1n) is 11.5. The Labute approximate surface area is 193 Å². The number of nitrogens with one attached hydrogen (secondary N) is 2. The first kappa shape index (κ1) is 21.2. The molecule has 0 bridgehead atoms. The number of thiophene rings is 1. The Hall–Kier alpha value is -2.64. The molecule has 1 spiro atoms. The standard InChI is InChI=1S/C25H31N5OS/c1-17-3-8-20-21(26)22(32-24(20)29-17)23(31)28-12-9-18-4-6-19(7-5-18)30-14-2-10-25(16-30)11-13-27-15-25/h3-8,27H,2,9-16,26H2,1H3,(H,28,31). The molecule has 2 saturated heterocycles. The van der Waals surface area contributed by atoms with Crippen LogP contribution in [-0.4, -0.2) is 43.6 Å². The lowest BCUT2D eigenvalue weighted by molar-refractivity contribution is 0.0959. The van der Waals surface area contributed by atoms with Crippen LogP contribution in [0.2, 0.25) is 0 Å². The smallest absolute Gasteiger partial charge is 0.263 e. The van der Waals surface area contributed by atoms with E-state index in [2.05, 4.69) is 44.8 Å². The topological polar surface area (TPSA) is 83.3 Å². The molecule has 1 amide bonds. The fraction of sp³-hybridized carbons (Fsp3) is 0.440. The number of aromatic nitrogens is 1. The number of carbonyl (C=O) groups excluding carboxylic acids is 1. The van der Waals surface area contributed by atoms with Gasteiger partial charge in [0.25, 0.3) is 5.91 Å². The molecule has 0 aliphatic carbocycles. The van der Waals surface area contributed by atoms with E-state index in [4.69, 9.17) is 5.73 Å². The summed E-state index contributed by atoms with van der Waals surface area (Å²) in [6, 6.07) is 12.7. The SMILES string of the molecule is Cc1ccc2c(N)c(C(=O)NCCc3ccc(N4CCCC5(CCNC5)C4)cc3)sc2n1. The molecule has 32 heavy (non-hydrogen) atoms. The molecule has 3 aromatic rings. The molecule has 4 N–H and O–H groups in total. The fourth-order valence-electron chi connectivity index (χ4n) is 5.10. The third kappa shape index (κ3) is 4.19. The van der Waals surface area contributed by atoms with E-state index < -0.39 is 0 Å². The number of fused-ring (bicyclic) bond motifs is 1. The number of pyridine rings is 1. The average Bonchev–Trinajstić information content (AvgIpc) is 3.38. The summed E-state index contributed by atoms with van der Waals surface area (Å²) in [7, 11) is 0. The van der Waals surface area contributed by atoms with Gasteiger partial charge in [-0.3, -0.25) is 4.79 Å². The highest BCUT2D eigenvalue weighted by Gasteiger charge is 2.37. The normalized spacial score (nSPS) is 20.8. The largest absolute Gasteiger partial charge is 0.397 e. The second-order valence-electron chi connectivity index (χ2n) is 9.27. The molecule has 1 unspecified atom stereocenters. The van der Waals surface area contributed by atoms with Crippen molar-refractivity contribution < 1.29 is 4.79 Å².